The third kappa shape index (κ3) is 2.15. The summed E-state index contributed by atoms with van der Waals surface area (Å²) in [5.74, 6) is 0. The standard InChI is InChI=1S/C19H24N2O2/c1-2-23-18(22)21-13-10-15-14-8-4-5-9-16(14)20-17(15)19(21)11-6-3-7-12-19/h4-5,8-9,20H,2-3,6-7,10-13H2,1H3. The van der Waals surface area contributed by atoms with Gasteiger partial charge in [-0.15, -0.1) is 0 Å². The van der Waals surface area contributed by atoms with Gasteiger partial charge in [0.2, 0.25) is 0 Å². The molecule has 1 aliphatic heterocycles. The van der Waals surface area contributed by atoms with Crippen molar-refractivity contribution < 1.29 is 9.53 Å². The zero-order valence-corrected chi connectivity index (χ0v) is 13.7. The van der Waals surface area contributed by atoms with Gasteiger partial charge in [-0.2, -0.15) is 0 Å². The molecule has 1 aliphatic carbocycles. The van der Waals surface area contributed by atoms with Crippen molar-refractivity contribution in [2.45, 2.75) is 51.0 Å². The first-order chi connectivity index (χ1) is 11.3. The number of carbonyl (C=O) groups is 1. The molecule has 1 saturated carbocycles. The number of H-pyrrole nitrogens is 1. The molecule has 1 N–H and O–H groups in total. The number of aromatic nitrogens is 1. The quantitative estimate of drug-likeness (QED) is 0.851. The first-order valence-electron chi connectivity index (χ1n) is 8.81. The number of amides is 1. The predicted octanol–water partition coefficient (Wildman–Crippen LogP) is 4.34. The van der Waals surface area contributed by atoms with Gasteiger partial charge >= 0.3 is 6.09 Å². The number of carbonyl (C=O) groups excluding carboxylic acids is 1. The zero-order chi connectivity index (χ0) is 15.9. The van der Waals surface area contributed by atoms with Gasteiger partial charge < -0.3 is 9.72 Å². The summed E-state index contributed by atoms with van der Waals surface area (Å²) in [6.07, 6.45) is 6.42. The summed E-state index contributed by atoms with van der Waals surface area (Å²) in [4.78, 5) is 18.2. The van der Waals surface area contributed by atoms with Crippen LogP contribution in [0.15, 0.2) is 24.3 Å². The number of para-hydroxylation sites is 1. The fraction of sp³-hybridized carbons (Fsp3) is 0.526. The van der Waals surface area contributed by atoms with Crippen molar-refractivity contribution in [1.29, 1.82) is 0 Å². The van der Waals surface area contributed by atoms with Crippen LogP contribution in [0.25, 0.3) is 10.9 Å². The lowest BCUT2D eigenvalue weighted by molar-refractivity contribution is 0.0210. The van der Waals surface area contributed by atoms with Crippen LogP contribution in [-0.4, -0.2) is 29.1 Å². The summed E-state index contributed by atoms with van der Waals surface area (Å²) in [6, 6.07) is 8.50. The van der Waals surface area contributed by atoms with Crippen LogP contribution >= 0.6 is 0 Å². The van der Waals surface area contributed by atoms with Crippen LogP contribution < -0.4 is 0 Å². The molecule has 4 nitrogen and oxygen atoms in total. The van der Waals surface area contributed by atoms with E-state index in [1.807, 2.05) is 11.8 Å². The molecule has 0 bridgehead atoms. The van der Waals surface area contributed by atoms with E-state index in [9.17, 15) is 4.79 Å². The van der Waals surface area contributed by atoms with Crippen molar-refractivity contribution in [3.63, 3.8) is 0 Å². The molecular formula is C19H24N2O2. The van der Waals surface area contributed by atoms with Crippen molar-refractivity contribution in [1.82, 2.24) is 9.88 Å². The van der Waals surface area contributed by atoms with Gasteiger partial charge in [-0.05, 0) is 37.8 Å². The van der Waals surface area contributed by atoms with Crippen molar-refractivity contribution in [3.05, 3.63) is 35.5 Å². The van der Waals surface area contributed by atoms with E-state index in [1.54, 1.807) is 0 Å². The van der Waals surface area contributed by atoms with E-state index >= 15 is 0 Å². The lowest BCUT2D eigenvalue weighted by Crippen LogP contribution is -2.54. The average molecular weight is 312 g/mol. The Hall–Kier alpha value is -1.97. The molecule has 0 radical (unpaired) electrons. The van der Waals surface area contributed by atoms with Gasteiger partial charge in [-0.3, -0.25) is 4.90 Å². The molecule has 0 unspecified atom stereocenters. The van der Waals surface area contributed by atoms with Gasteiger partial charge in [0.15, 0.2) is 0 Å². The van der Waals surface area contributed by atoms with Crippen LogP contribution in [-0.2, 0) is 16.7 Å². The van der Waals surface area contributed by atoms with Gasteiger partial charge in [0.1, 0.15) is 0 Å². The molecule has 23 heavy (non-hydrogen) atoms. The summed E-state index contributed by atoms with van der Waals surface area (Å²) >= 11 is 0. The second-order valence-corrected chi connectivity index (χ2v) is 6.72. The first kappa shape index (κ1) is 14.6. The van der Waals surface area contributed by atoms with Gasteiger partial charge in [-0.1, -0.05) is 37.5 Å². The van der Waals surface area contributed by atoms with Gasteiger partial charge in [-0.25, -0.2) is 4.79 Å². The second-order valence-electron chi connectivity index (χ2n) is 6.72. The minimum Gasteiger partial charge on any atom is -0.450 e. The third-order valence-electron chi connectivity index (χ3n) is 5.55. The molecule has 4 heteroatoms. The molecule has 2 heterocycles. The van der Waals surface area contributed by atoms with E-state index in [1.165, 1.54) is 41.4 Å². The van der Waals surface area contributed by atoms with Crippen molar-refractivity contribution in [2.24, 2.45) is 0 Å². The van der Waals surface area contributed by atoms with Gasteiger partial charge in [0.25, 0.3) is 0 Å². The molecule has 1 spiro atoms. The Kier molecular flexibility index (Phi) is 3.55. The maximum absolute atomic E-state index is 12.6. The number of rotatable bonds is 1. The van der Waals surface area contributed by atoms with Crippen LogP contribution in [0.4, 0.5) is 4.79 Å². The number of ether oxygens (including phenoxy) is 1. The van der Waals surface area contributed by atoms with Crippen LogP contribution in [0, 0.1) is 0 Å². The normalized spacial score (nSPS) is 19.8. The fourth-order valence-corrected chi connectivity index (χ4v) is 4.55. The molecule has 1 fully saturated rings. The van der Waals surface area contributed by atoms with Crippen LogP contribution in [0.3, 0.4) is 0 Å². The minimum atomic E-state index is -0.197. The highest BCUT2D eigenvalue weighted by atomic mass is 16.6. The Morgan fingerprint density at radius 3 is 2.83 bits per heavy atom. The van der Waals surface area contributed by atoms with E-state index in [4.69, 9.17) is 4.74 Å². The van der Waals surface area contributed by atoms with Crippen molar-refractivity contribution >= 4 is 17.0 Å². The molecule has 4 rings (SSSR count). The van der Waals surface area contributed by atoms with Gasteiger partial charge in [0, 0.05) is 23.1 Å². The van der Waals surface area contributed by atoms with Crippen molar-refractivity contribution in [3.8, 4) is 0 Å². The number of hydrogen-bond donors (Lipinski definition) is 1. The smallest absolute Gasteiger partial charge is 0.410 e. The number of fused-ring (bicyclic) bond motifs is 4. The molecule has 1 aromatic carbocycles. The number of aromatic amines is 1. The summed E-state index contributed by atoms with van der Waals surface area (Å²) in [5.41, 5.74) is 3.66. The summed E-state index contributed by atoms with van der Waals surface area (Å²) < 4.78 is 5.37. The highest BCUT2D eigenvalue weighted by Gasteiger charge is 2.47. The Balaban J connectivity index is 1.86. The Bertz CT molecular complexity index is 728. The average Bonchev–Trinajstić information content (AvgIpc) is 2.96. The maximum atomic E-state index is 12.6. The molecule has 122 valence electrons. The highest BCUT2D eigenvalue weighted by molar-refractivity contribution is 5.86. The Morgan fingerprint density at radius 2 is 2.04 bits per heavy atom. The monoisotopic (exact) mass is 312 g/mol. The molecule has 0 atom stereocenters. The summed E-state index contributed by atoms with van der Waals surface area (Å²) in [6.45, 7) is 3.07. The lowest BCUT2D eigenvalue weighted by Gasteiger charge is -2.48. The molecular weight excluding hydrogens is 288 g/mol. The number of benzene rings is 1. The third-order valence-corrected chi connectivity index (χ3v) is 5.55. The SMILES string of the molecule is CCOC(=O)N1CCc2c([nH]c3ccccc23)C12CCCCC2. The van der Waals surface area contributed by atoms with E-state index in [0.29, 0.717) is 6.61 Å². The topological polar surface area (TPSA) is 45.3 Å². The molecule has 1 aromatic heterocycles. The number of nitrogens with one attached hydrogen (secondary N) is 1. The molecule has 2 aliphatic rings. The van der Waals surface area contributed by atoms with Crippen LogP contribution in [0.2, 0.25) is 0 Å². The fourth-order valence-electron chi connectivity index (χ4n) is 4.55. The summed E-state index contributed by atoms with van der Waals surface area (Å²) in [5, 5.41) is 1.32. The van der Waals surface area contributed by atoms with E-state index in [2.05, 4.69) is 29.2 Å². The van der Waals surface area contributed by atoms with Crippen LogP contribution in [0.1, 0.15) is 50.3 Å². The maximum Gasteiger partial charge on any atom is 0.410 e. The van der Waals surface area contributed by atoms with E-state index < -0.39 is 0 Å². The van der Waals surface area contributed by atoms with Gasteiger partial charge in [0.05, 0.1) is 12.1 Å². The largest absolute Gasteiger partial charge is 0.450 e. The minimum absolute atomic E-state index is 0.154. The predicted molar refractivity (Wildman–Crippen MR) is 90.5 cm³/mol. The highest BCUT2D eigenvalue weighted by Crippen LogP contribution is 2.47. The van der Waals surface area contributed by atoms with Crippen LogP contribution in [0.5, 0.6) is 0 Å². The molecule has 2 aromatic rings. The zero-order valence-electron chi connectivity index (χ0n) is 13.7. The summed E-state index contributed by atoms with van der Waals surface area (Å²) in [7, 11) is 0. The number of hydrogen-bond acceptors (Lipinski definition) is 2. The number of nitrogens with zero attached hydrogens (tertiary/aromatic N) is 1. The lowest BCUT2D eigenvalue weighted by atomic mass is 9.74. The second kappa shape index (κ2) is 5.59. The Labute approximate surface area is 136 Å². The Morgan fingerprint density at radius 1 is 1.26 bits per heavy atom. The van der Waals surface area contributed by atoms with Crippen molar-refractivity contribution in [2.75, 3.05) is 13.2 Å². The molecule has 1 amide bonds. The molecule has 0 saturated heterocycles. The first-order valence-corrected chi connectivity index (χ1v) is 8.81. The van der Waals surface area contributed by atoms with E-state index in [0.717, 1.165) is 25.8 Å². The van der Waals surface area contributed by atoms with E-state index in [-0.39, 0.29) is 11.6 Å².